The molecule has 2 aromatic rings. The Kier molecular flexibility index (Phi) is 4.76. The van der Waals surface area contributed by atoms with Crippen LogP contribution in [0.1, 0.15) is 0 Å². The zero-order valence-electron chi connectivity index (χ0n) is 10.1. The van der Waals surface area contributed by atoms with E-state index in [0.717, 1.165) is 16.5 Å². The van der Waals surface area contributed by atoms with Crippen molar-refractivity contribution in [3.05, 3.63) is 53.8 Å². The average Bonchev–Trinajstić information content (AvgIpc) is 2.45. The van der Waals surface area contributed by atoms with Gasteiger partial charge >= 0.3 is 0 Å². The Morgan fingerprint density at radius 3 is 2.79 bits per heavy atom. The van der Waals surface area contributed by atoms with Crippen LogP contribution in [0, 0.1) is 0 Å². The van der Waals surface area contributed by atoms with E-state index in [1.165, 1.54) is 11.8 Å². The highest BCUT2D eigenvalue weighted by Crippen LogP contribution is 2.23. The lowest BCUT2D eigenvalue weighted by molar-refractivity contribution is 0.715. The van der Waals surface area contributed by atoms with Crippen molar-refractivity contribution in [1.82, 2.24) is 0 Å². The molecule has 2 nitrogen and oxygen atoms in total. The highest BCUT2D eigenvalue weighted by Gasteiger charge is 2.03. The first-order valence-corrected chi connectivity index (χ1v) is 7.06. The van der Waals surface area contributed by atoms with E-state index in [0.29, 0.717) is 17.1 Å². The van der Waals surface area contributed by atoms with Gasteiger partial charge in [-0.15, -0.1) is 0 Å². The van der Waals surface area contributed by atoms with E-state index in [2.05, 4.69) is 5.32 Å². The van der Waals surface area contributed by atoms with Crippen LogP contribution in [0.2, 0.25) is 0 Å². The topological polar surface area (TPSA) is 38.0 Å². The van der Waals surface area contributed by atoms with Crippen molar-refractivity contribution >= 4 is 45.4 Å². The summed E-state index contributed by atoms with van der Waals surface area (Å²) in [6.07, 6.45) is 0.380. The Balaban J connectivity index is 2.11. The summed E-state index contributed by atoms with van der Waals surface area (Å²) >= 11 is 6.40. The monoisotopic (exact) mass is 292 g/mol. The number of thiocarbonyl (C=S) groups is 1. The standard InChI is InChI=1S/C14H13FN2S2/c15-8-13(16)19-9-14(18)17-12-7-3-5-10-4-1-2-6-11(10)12/h1-8H,9,16H2,(H,17,18)/b13-8+. The highest BCUT2D eigenvalue weighted by atomic mass is 32.2. The van der Waals surface area contributed by atoms with Gasteiger partial charge in [0.15, 0.2) is 0 Å². The third-order valence-electron chi connectivity index (χ3n) is 2.54. The molecule has 0 aliphatic carbocycles. The predicted molar refractivity (Wildman–Crippen MR) is 86.0 cm³/mol. The van der Waals surface area contributed by atoms with Crippen LogP contribution in [0.5, 0.6) is 0 Å². The first kappa shape index (κ1) is 13.8. The second kappa shape index (κ2) is 6.54. The molecule has 5 heteroatoms. The second-order valence-electron chi connectivity index (χ2n) is 3.88. The molecular formula is C14H13FN2S2. The molecule has 2 rings (SSSR count). The van der Waals surface area contributed by atoms with Gasteiger partial charge in [-0.2, -0.15) is 0 Å². The van der Waals surface area contributed by atoms with Gasteiger partial charge in [0.1, 0.15) is 6.33 Å². The predicted octanol–water partition coefficient (Wildman–Crippen LogP) is 4.04. The minimum atomic E-state index is 0.127. The van der Waals surface area contributed by atoms with E-state index in [1.54, 1.807) is 0 Å². The molecule has 0 spiro atoms. The molecule has 0 amide bonds. The molecule has 0 unspecified atom stereocenters. The van der Waals surface area contributed by atoms with Crippen LogP contribution in [0.4, 0.5) is 10.1 Å². The minimum Gasteiger partial charge on any atom is -0.392 e. The Morgan fingerprint density at radius 1 is 1.26 bits per heavy atom. The van der Waals surface area contributed by atoms with Crippen molar-refractivity contribution in [2.45, 2.75) is 0 Å². The van der Waals surface area contributed by atoms with Crippen molar-refractivity contribution in [3.8, 4) is 0 Å². The summed E-state index contributed by atoms with van der Waals surface area (Å²) in [6.45, 7) is 0. The number of hydrogen-bond acceptors (Lipinski definition) is 3. The van der Waals surface area contributed by atoms with Crippen LogP contribution >= 0.6 is 24.0 Å². The quantitative estimate of drug-likeness (QED) is 0.834. The number of nitrogens with two attached hydrogens (primary N) is 1. The van der Waals surface area contributed by atoms with Gasteiger partial charge in [-0.3, -0.25) is 0 Å². The third-order valence-corrected chi connectivity index (χ3v) is 3.83. The average molecular weight is 292 g/mol. The summed E-state index contributed by atoms with van der Waals surface area (Å²) in [5, 5.41) is 5.54. The Labute approximate surface area is 120 Å². The van der Waals surface area contributed by atoms with Gasteiger partial charge in [-0.05, 0) is 11.5 Å². The largest absolute Gasteiger partial charge is 0.392 e. The fraction of sp³-hybridized carbons (Fsp3) is 0.0714. The number of benzene rings is 2. The Bertz CT molecular complexity index is 620. The van der Waals surface area contributed by atoms with Crippen LogP contribution in [-0.4, -0.2) is 10.7 Å². The maximum atomic E-state index is 12.1. The molecule has 0 aromatic heterocycles. The van der Waals surface area contributed by atoms with Gasteiger partial charge in [0.25, 0.3) is 0 Å². The summed E-state index contributed by atoms with van der Waals surface area (Å²) in [6, 6.07) is 14.0. The smallest absolute Gasteiger partial charge is 0.116 e. The molecule has 0 radical (unpaired) electrons. The molecule has 0 saturated carbocycles. The maximum absolute atomic E-state index is 12.1. The molecule has 0 aliphatic rings. The van der Waals surface area contributed by atoms with Crippen LogP contribution in [0.15, 0.2) is 53.8 Å². The maximum Gasteiger partial charge on any atom is 0.116 e. The van der Waals surface area contributed by atoms with Crippen LogP contribution in [0.25, 0.3) is 10.8 Å². The van der Waals surface area contributed by atoms with Crippen molar-refractivity contribution in [2.24, 2.45) is 5.73 Å². The Hall–Kier alpha value is -1.59. The molecule has 0 aliphatic heterocycles. The number of rotatable bonds is 4. The van der Waals surface area contributed by atoms with Gasteiger partial charge in [-0.1, -0.05) is 60.4 Å². The van der Waals surface area contributed by atoms with Crippen molar-refractivity contribution in [3.63, 3.8) is 0 Å². The minimum absolute atomic E-state index is 0.127. The third kappa shape index (κ3) is 3.68. The molecule has 3 N–H and O–H groups in total. The Morgan fingerprint density at radius 2 is 2.00 bits per heavy atom. The zero-order chi connectivity index (χ0) is 13.7. The summed E-state index contributed by atoms with van der Waals surface area (Å²) in [7, 11) is 0. The van der Waals surface area contributed by atoms with Gasteiger partial charge in [0.2, 0.25) is 0 Å². The summed E-state index contributed by atoms with van der Waals surface area (Å²) < 4.78 is 12.1. The molecule has 98 valence electrons. The number of fused-ring (bicyclic) bond motifs is 1. The van der Waals surface area contributed by atoms with Gasteiger partial charge in [0, 0.05) is 11.1 Å². The first-order valence-electron chi connectivity index (χ1n) is 5.67. The van der Waals surface area contributed by atoms with E-state index in [1.807, 2.05) is 42.5 Å². The molecule has 2 aromatic carbocycles. The second-order valence-corrected chi connectivity index (χ2v) is 5.42. The van der Waals surface area contributed by atoms with Crippen molar-refractivity contribution in [2.75, 3.05) is 11.1 Å². The van der Waals surface area contributed by atoms with Crippen molar-refractivity contribution in [1.29, 1.82) is 0 Å². The van der Waals surface area contributed by atoms with E-state index in [4.69, 9.17) is 18.0 Å². The molecule has 0 saturated heterocycles. The molecule has 19 heavy (non-hydrogen) atoms. The summed E-state index contributed by atoms with van der Waals surface area (Å²) in [5.41, 5.74) is 6.32. The number of anilines is 1. The lowest BCUT2D eigenvalue weighted by Crippen LogP contribution is -2.12. The lowest BCUT2D eigenvalue weighted by Gasteiger charge is -2.10. The van der Waals surface area contributed by atoms with E-state index in [9.17, 15) is 4.39 Å². The van der Waals surface area contributed by atoms with E-state index < -0.39 is 0 Å². The first-order chi connectivity index (χ1) is 9.20. The van der Waals surface area contributed by atoms with Crippen LogP contribution < -0.4 is 11.1 Å². The normalized spacial score (nSPS) is 11.5. The molecule has 0 atom stereocenters. The van der Waals surface area contributed by atoms with E-state index in [-0.39, 0.29) is 5.03 Å². The molecule has 0 fully saturated rings. The van der Waals surface area contributed by atoms with Gasteiger partial charge < -0.3 is 11.1 Å². The van der Waals surface area contributed by atoms with Gasteiger partial charge in [0.05, 0.1) is 15.8 Å². The van der Waals surface area contributed by atoms with Crippen LogP contribution in [-0.2, 0) is 0 Å². The number of hydrogen-bond donors (Lipinski definition) is 2. The van der Waals surface area contributed by atoms with Crippen LogP contribution in [0.3, 0.4) is 0 Å². The number of nitrogens with one attached hydrogen (secondary N) is 1. The number of halogens is 1. The summed E-state index contributed by atoms with van der Waals surface area (Å²) in [4.78, 5) is 0.617. The fourth-order valence-electron chi connectivity index (χ4n) is 1.70. The zero-order valence-corrected chi connectivity index (χ0v) is 11.7. The van der Waals surface area contributed by atoms with Crippen molar-refractivity contribution < 1.29 is 4.39 Å². The molecule has 0 heterocycles. The lowest BCUT2D eigenvalue weighted by atomic mass is 10.1. The molecular weight excluding hydrogens is 279 g/mol. The summed E-state index contributed by atoms with van der Waals surface area (Å²) in [5.74, 6) is 0.449. The van der Waals surface area contributed by atoms with E-state index >= 15 is 0 Å². The number of thioether (sulfide) groups is 1. The molecule has 0 bridgehead atoms. The van der Waals surface area contributed by atoms with Gasteiger partial charge in [-0.25, -0.2) is 4.39 Å². The SMILES string of the molecule is N/C(=C\F)SCC(=S)Nc1cccc2ccccc12. The highest BCUT2D eigenvalue weighted by molar-refractivity contribution is 8.04. The fourth-order valence-corrected chi connectivity index (χ4v) is 2.42.